The first-order valence-corrected chi connectivity index (χ1v) is 7.49. The minimum Gasteiger partial charge on any atom is -0.495 e. The number of carboxylic acids is 1. The Morgan fingerprint density at radius 2 is 2.24 bits per heavy atom. The third-order valence-electron chi connectivity index (χ3n) is 2.95. The van der Waals surface area contributed by atoms with Gasteiger partial charge in [0.15, 0.2) is 5.13 Å². The average Bonchev–Trinajstić information content (AvgIpc) is 2.86. The number of rotatable bonds is 5. The number of benzene rings is 1. The molecule has 0 bridgehead atoms. The second-order valence-corrected chi connectivity index (χ2v) is 5.79. The van der Waals surface area contributed by atoms with Crippen molar-refractivity contribution >= 4 is 39.7 Å². The first-order chi connectivity index (χ1) is 9.96. The zero-order valence-corrected chi connectivity index (χ0v) is 13.4. The maximum atomic E-state index is 11.2. The van der Waals surface area contributed by atoms with Crippen molar-refractivity contribution < 1.29 is 14.6 Å². The summed E-state index contributed by atoms with van der Waals surface area (Å²) in [7, 11) is 1.55. The van der Waals surface area contributed by atoms with E-state index in [1.807, 2.05) is 19.9 Å². The second-order valence-electron chi connectivity index (χ2n) is 4.38. The molecule has 0 saturated carbocycles. The van der Waals surface area contributed by atoms with Crippen LogP contribution in [0.15, 0.2) is 12.1 Å². The SMILES string of the molecule is CCc1nc(Nc2cc(C)c(Cl)cc2OC)sc1C(=O)O. The predicted octanol–water partition coefficient (Wildman–Crippen LogP) is 4.12. The van der Waals surface area contributed by atoms with E-state index in [0.29, 0.717) is 33.7 Å². The third kappa shape index (κ3) is 3.28. The van der Waals surface area contributed by atoms with Crippen LogP contribution in [-0.2, 0) is 6.42 Å². The first-order valence-electron chi connectivity index (χ1n) is 6.30. The first kappa shape index (κ1) is 15.6. The van der Waals surface area contributed by atoms with Gasteiger partial charge in [-0.1, -0.05) is 29.9 Å². The fraction of sp³-hybridized carbons (Fsp3) is 0.286. The fourth-order valence-corrected chi connectivity index (χ4v) is 2.92. The number of methoxy groups -OCH3 is 1. The summed E-state index contributed by atoms with van der Waals surface area (Å²) in [5.74, 6) is -0.382. The summed E-state index contributed by atoms with van der Waals surface area (Å²) < 4.78 is 5.28. The van der Waals surface area contributed by atoms with Crippen LogP contribution in [0.1, 0.15) is 27.9 Å². The van der Waals surface area contributed by atoms with Gasteiger partial charge in [0, 0.05) is 11.1 Å². The van der Waals surface area contributed by atoms with Crippen molar-refractivity contribution in [3.63, 3.8) is 0 Å². The molecule has 21 heavy (non-hydrogen) atoms. The van der Waals surface area contributed by atoms with Crippen molar-refractivity contribution in [2.24, 2.45) is 0 Å². The van der Waals surface area contributed by atoms with Gasteiger partial charge < -0.3 is 15.2 Å². The number of nitrogens with zero attached hydrogens (tertiary/aromatic N) is 1. The van der Waals surface area contributed by atoms with E-state index in [-0.39, 0.29) is 4.88 Å². The highest BCUT2D eigenvalue weighted by atomic mass is 35.5. The van der Waals surface area contributed by atoms with E-state index >= 15 is 0 Å². The summed E-state index contributed by atoms with van der Waals surface area (Å²) >= 11 is 7.17. The van der Waals surface area contributed by atoms with Gasteiger partial charge in [-0.25, -0.2) is 9.78 Å². The van der Waals surface area contributed by atoms with Gasteiger partial charge in [0.05, 0.1) is 18.5 Å². The molecule has 0 aliphatic heterocycles. The molecule has 0 fully saturated rings. The number of aromatic nitrogens is 1. The molecule has 0 radical (unpaired) electrons. The van der Waals surface area contributed by atoms with Crippen molar-refractivity contribution in [1.82, 2.24) is 4.98 Å². The number of carbonyl (C=O) groups is 1. The highest BCUT2D eigenvalue weighted by Crippen LogP contribution is 2.34. The number of aryl methyl sites for hydroxylation is 2. The molecule has 0 aliphatic rings. The second kappa shape index (κ2) is 6.32. The van der Waals surface area contributed by atoms with Gasteiger partial charge in [-0.15, -0.1) is 0 Å². The molecular formula is C14H15ClN2O3S. The number of carboxylic acid groups (broad SMARTS) is 1. The lowest BCUT2D eigenvalue weighted by Crippen LogP contribution is -1.97. The van der Waals surface area contributed by atoms with Crippen LogP contribution in [0.2, 0.25) is 5.02 Å². The lowest BCUT2D eigenvalue weighted by atomic mass is 10.2. The Balaban J connectivity index is 2.38. The summed E-state index contributed by atoms with van der Waals surface area (Å²) in [6.07, 6.45) is 0.566. The van der Waals surface area contributed by atoms with E-state index in [0.717, 1.165) is 16.9 Å². The molecule has 0 spiro atoms. The summed E-state index contributed by atoms with van der Waals surface area (Å²) in [5, 5.41) is 13.4. The van der Waals surface area contributed by atoms with Gasteiger partial charge in [0.1, 0.15) is 10.6 Å². The van der Waals surface area contributed by atoms with Gasteiger partial charge >= 0.3 is 5.97 Å². The van der Waals surface area contributed by atoms with Crippen LogP contribution in [0, 0.1) is 6.92 Å². The topological polar surface area (TPSA) is 71.5 Å². The number of halogens is 1. The number of hydrogen-bond donors (Lipinski definition) is 2. The van der Waals surface area contributed by atoms with Gasteiger partial charge in [-0.2, -0.15) is 0 Å². The molecular weight excluding hydrogens is 312 g/mol. The van der Waals surface area contributed by atoms with Crippen molar-refractivity contribution in [2.45, 2.75) is 20.3 Å². The lowest BCUT2D eigenvalue weighted by molar-refractivity contribution is 0.0701. The highest BCUT2D eigenvalue weighted by Gasteiger charge is 2.17. The Hall–Kier alpha value is -1.79. The summed E-state index contributed by atoms with van der Waals surface area (Å²) in [6.45, 7) is 3.76. The summed E-state index contributed by atoms with van der Waals surface area (Å²) in [5.41, 5.74) is 2.16. The number of hydrogen-bond acceptors (Lipinski definition) is 5. The van der Waals surface area contributed by atoms with E-state index in [9.17, 15) is 4.79 Å². The van der Waals surface area contributed by atoms with Crippen LogP contribution >= 0.6 is 22.9 Å². The monoisotopic (exact) mass is 326 g/mol. The largest absolute Gasteiger partial charge is 0.495 e. The van der Waals surface area contributed by atoms with Crippen LogP contribution in [-0.4, -0.2) is 23.2 Å². The number of ether oxygens (including phenoxy) is 1. The number of anilines is 2. The van der Waals surface area contributed by atoms with Gasteiger partial charge in [-0.05, 0) is 25.0 Å². The smallest absolute Gasteiger partial charge is 0.347 e. The Morgan fingerprint density at radius 1 is 1.52 bits per heavy atom. The van der Waals surface area contributed by atoms with E-state index in [2.05, 4.69) is 10.3 Å². The lowest BCUT2D eigenvalue weighted by Gasteiger charge is -2.11. The van der Waals surface area contributed by atoms with E-state index in [1.54, 1.807) is 13.2 Å². The van der Waals surface area contributed by atoms with Gasteiger partial charge in [-0.3, -0.25) is 0 Å². The van der Waals surface area contributed by atoms with Gasteiger partial charge in [0.25, 0.3) is 0 Å². The Labute approximate surface area is 131 Å². The molecule has 2 N–H and O–H groups in total. The minimum atomic E-state index is -0.961. The molecule has 0 saturated heterocycles. The molecule has 112 valence electrons. The average molecular weight is 327 g/mol. The van der Waals surface area contributed by atoms with Gasteiger partial charge in [0.2, 0.25) is 0 Å². The van der Waals surface area contributed by atoms with E-state index in [1.165, 1.54) is 0 Å². The molecule has 1 heterocycles. The van der Waals surface area contributed by atoms with Crippen LogP contribution in [0.3, 0.4) is 0 Å². The fourth-order valence-electron chi connectivity index (χ4n) is 1.86. The normalized spacial score (nSPS) is 10.5. The van der Waals surface area contributed by atoms with Crippen LogP contribution < -0.4 is 10.1 Å². The molecule has 2 aromatic rings. The quantitative estimate of drug-likeness (QED) is 0.864. The van der Waals surface area contributed by atoms with Crippen molar-refractivity contribution in [2.75, 3.05) is 12.4 Å². The number of thiazole rings is 1. The summed E-state index contributed by atoms with van der Waals surface area (Å²) in [4.78, 5) is 15.7. The highest BCUT2D eigenvalue weighted by molar-refractivity contribution is 7.17. The Kier molecular flexibility index (Phi) is 4.69. The summed E-state index contributed by atoms with van der Waals surface area (Å²) in [6, 6.07) is 3.56. The molecule has 2 rings (SSSR count). The number of aromatic carboxylic acids is 1. The Bertz CT molecular complexity index is 685. The van der Waals surface area contributed by atoms with Crippen LogP contribution in [0.25, 0.3) is 0 Å². The van der Waals surface area contributed by atoms with E-state index < -0.39 is 5.97 Å². The van der Waals surface area contributed by atoms with Crippen molar-refractivity contribution in [3.8, 4) is 5.75 Å². The molecule has 1 aromatic heterocycles. The standard InChI is InChI=1S/C14H15ClN2O3S/c1-4-9-12(13(18)19)21-14(16-9)17-10-5-7(2)8(15)6-11(10)20-3/h5-6H,4H2,1-3H3,(H,16,17)(H,18,19). The maximum Gasteiger partial charge on any atom is 0.347 e. The zero-order chi connectivity index (χ0) is 15.6. The van der Waals surface area contributed by atoms with Crippen molar-refractivity contribution in [3.05, 3.63) is 33.3 Å². The molecule has 0 amide bonds. The minimum absolute atomic E-state index is 0.254. The molecule has 7 heteroatoms. The number of nitrogens with one attached hydrogen (secondary N) is 1. The van der Waals surface area contributed by atoms with Crippen molar-refractivity contribution in [1.29, 1.82) is 0 Å². The van der Waals surface area contributed by atoms with Crippen LogP contribution in [0.4, 0.5) is 10.8 Å². The maximum absolute atomic E-state index is 11.2. The molecule has 5 nitrogen and oxygen atoms in total. The third-order valence-corrected chi connectivity index (χ3v) is 4.36. The molecule has 1 aromatic carbocycles. The molecule has 0 aliphatic carbocycles. The Morgan fingerprint density at radius 3 is 2.76 bits per heavy atom. The predicted molar refractivity (Wildman–Crippen MR) is 84.5 cm³/mol. The zero-order valence-electron chi connectivity index (χ0n) is 11.9. The van der Waals surface area contributed by atoms with Crippen LogP contribution in [0.5, 0.6) is 5.75 Å². The van der Waals surface area contributed by atoms with E-state index in [4.69, 9.17) is 21.4 Å². The molecule has 0 unspecified atom stereocenters. The molecule has 0 atom stereocenters.